The zero-order valence-corrected chi connectivity index (χ0v) is 8.33. The van der Waals surface area contributed by atoms with Crippen molar-refractivity contribution in [2.45, 2.75) is 25.5 Å². The third kappa shape index (κ3) is 4.29. The zero-order chi connectivity index (χ0) is 9.52. The van der Waals surface area contributed by atoms with Gasteiger partial charge in [0.05, 0.1) is 5.88 Å². The summed E-state index contributed by atoms with van der Waals surface area (Å²) < 4.78 is 5.39. The van der Waals surface area contributed by atoms with Gasteiger partial charge in [-0.05, 0) is 25.3 Å². The van der Waals surface area contributed by atoms with Crippen LogP contribution in [0.2, 0.25) is 0 Å². The first-order valence-electron chi connectivity index (χ1n) is 4.48. The van der Waals surface area contributed by atoms with E-state index in [1.54, 1.807) is 12.3 Å². The topological polar surface area (TPSA) is 47.6 Å². The molecule has 0 aromatic rings. The molecule has 13 heavy (non-hydrogen) atoms. The average Bonchev–Trinajstić information content (AvgIpc) is 2.19. The predicted molar refractivity (Wildman–Crippen MR) is 55.1 cm³/mol. The van der Waals surface area contributed by atoms with E-state index in [1.807, 2.05) is 0 Å². The highest BCUT2D eigenvalue weighted by Gasteiger charge is 2.10. The SMILES string of the molecule is NC(=CC=NC1CCCCO1)CCl. The summed E-state index contributed by atoms with van der Waals surface area (Å²) in [4.78, 5) is 4.21. The van der Waals surface area contributed by atoms with Crippen LogP contribution in [0.5, 0.6) is 0 Å². The summed E-state index contributed by atoms with van der Waals surface area (Å²) >= 11 is 5.49. The smallest absolute Gasteiger partial charge is 0.148 e. The van der Waals surface area contributed by atoms with Crippen LogP contribution in [-0.2, 0) is 4.74 Å². The van der Waals surface area contributed by atoms with Crippen molar-refractivity contribution in [3.63, 3.8) is 0 Å². The molecule has 3 nitrogen and oxygen atoms in total. The number of alkyl halides is 1. The van der Waals surface area contributed by atoms with Gasteiger partial charge in [0.25, 0.3) is 0 Å². The Balaban J connectivity index is 2.29. The third-order valence-corrected chi connectivity index (χ3v) is 2.16. The van der Waals surface area contributed by atoms with Gasteiger partial charge in [-0.3, -0.25) is 4.99 Å². The van der Waals surface area contributed by atoms with Crippen molar-refractivity contribution in [2.24, 2.45) is 10.7 Å². The average molecular weight is 203 g/mol. The molecule has 0 radical (unpaired) electrons. The molecule has 4 heteroatoms. The highest BCUT2D eigenvalue weighted by Crippen LogP contribution is 2.12. The molecule has 1 rings (SSSR count). The molecule has 2 N–H and O–H groups in total. The maximum atomic E-state index is 5.49. The first kappa shape index (κ1) is 10.5. The van der Waals surface area contributed by atoms with Crippen molar-refractivity contribution in [1.29, 1.82) is 0 Å². The lowest BCUT2D eigenvalue weighted by atomic mass is 10.2. The minimum absolute atomic E-state index is 0.0214. The number of nitrogens with two attached hydrogens (primary N) is 1. The summed E-state index contributed by atoms with van der Waals surface area (Å²) in [5.41, 5.74) is 6.11. The molecule has 0 aromatic heterocycles. The lowest BCUT2D eigenvalue weighted by Gasteiger charge is -2.18. The van der Waals surface area contributed by atoms with Gasteiger partial charge in [0, 0.05) is 18.5 Å². The molecule has 0 saturated carbocycles. The summed E-state index contributed by atoms with van der Waals surface area (Å²) in [6.07, 6.45) is 6.75. The Kier molecular flexibility index (Phi) is 4.86. The molecule has 0 aromatic carbocycles. The Morgan fingerprint density at radius 1 is 1.62 bits per heavy atom. The van der Waals surface area contributed by atoms with Crippen molar-refractivity contribution in [2.75, 3.05) is 12.5 Å². The molecule has 74 valence electrons. The highest BCUT2D eigenvalue weighted by molar-refractivity contribution is 6.19. The molecule has 1 atom stereocenters. The molecule has 1 unspecified atom stereocenters. The predicted octanol–water partition coefficient (Wildman–Crippen LogP) is 1.67. The molecule has 0 aliphatic carbocycles. The molecular formula is C9H15ClN2O. The van der Waals surface area contributed by atoms with Crippen LogP contribution in [0.15, 0.2) is 16.8 Å². The van der Waals surface area contributed by atoms with Crippen LogP contribution in [0.3, 0.4) is 0 Å². The van der Waals surface area contributed by atoms with E-state index >= 15 is 0 Å². The first-order chi connectivity index (χ1) is 6.33. The van der Waals surface area contributed by atoms with Crippen molar-refractivity contribution in [3.8, 4) is 0 Å². The summed E-state index contributed by atoms with van der Waals surface area (Å²) in [5.74, 6) is 0.345. The van der Waals surface area contributed by atoms with Gasteiger partial charge >= 0.3 is 0 Å². The largest absolute Gasteiger partial charge is 0.401 e. The van der Waals surface area contributed by atoms with E-state index in [0.29, 0.717) is 11.6 Å². The molecule has 0 bridgehead atoms. The molecule has 1 aliphatic heterocycles. The second kappa shape index (κ2) is 6.00. The van der Waals surface area contributed by atoms with E-state index in [2.05, 4.69) is 4.99 Å². The molecule has 1 heterocycles. The fourth-order valence-corrected chi connectivity index (χ4v) is 1.21. The van der Waals surface area contributed by atoms with Crippen LogP contribution in [0.25, 0.3) is 0 Å². The zero-order valence-electron chi connectivity index (χ0n) is 7.58. The fraction of sp³-hybridized carbons (Fsp3) is 0.667. The number of halogens is 1. The lowest BCUT2D eigenvalue weighted by Crippen LogP contribution is -2.16. The Bertz CT molecular complexity index is 198. The molecule has 1 fully saturated rings. The van der Waals surface area contributed by atoms with Crippen molar-refractivity contribution >= 4 is 17.8 Å². The van der Waals surface area contributed by atoms with E-state index in [1.165, 1.54) is 6.42 Å². The summed E-state index contributed by atoms with van der Waals surface area (Å²) in [6.45, 7) is 0.816. The van der Waals surface area contributed by atoms with Crippen LogP contribution in [0.4, 0.5) is 0 Å². The van der Waals surface area contributed by atoms with Gasteiger partial charge in [-0.25, -0.2) is 0 Å². The second-order valence-corrected chi connectivity index (χ2v) is 3.26. The number of rotatable bonds is 3. The number of aliphatic imine (C=N–C) groups is 1. The first-order valence-corrected chi connectivity index (χ1v) is 5.02. The Morgan fingerprint density at radius 2 is 2.46 bits per heavy atom. The summed E-state index contributed by atoms with van der Waals surface area (Å²) in [6, 6.07) is 0. The minimum Gasteiger partial charge on any atom is -0.401 e. The van der Waals surface area contributed by atoms with Crippen molar-refractivity contribution in [1.82, 2.24) is 0 Å². The second-order valence-electron chi connectivity index (χ2n) is 2.99. The molecular weight excluding hydrogens is 188 g/mol. The van der Waals surface area contributed by atoms with Gasteiger partial charge in [0.1, 0.15) is 6.23 Å². The Morgan fingerprint density at radius 3 is 3.08 bits per heavy atom. The number of hydrogen-bond acceptors (Lipinski definition) is 3. The quantitative estimate of drug-likeness (QED) is 0.559. The van der Waals surface area contributed by atoms with Gasteiger partial charge in [0.2, 0.25) is 0 Å². The van der Waals surface area contributed by atoms with Gasteiger partial charge in [-0.15, -0.1) is 11.6 Å². The van der Waals surface area contributed by atoms with Crippen LogP contribution in [0.1, 0.15) is 19.3 Å². The number of nitrogens with zero attached hydrogens (tertiary/aromatic N) is 1. The number of hydrogen-bond donors (Lipinski definition) is 1. The third-order valence-electron chi connectivity index (χ3n) is 1.85. The van der Waals surface area contributed by atoms with Gasteiger partial charge in [-0.1, -0.05) is 0 Å². The monoisotopic (exact) mass is 202 g/mol. The normalized spacial score (nSPS) is 25.3. The van der Waals surface area contributed by atoms with Crippen molar-refractivity contribution in [3.05, 3.63) is 11.8 Å². The molecule has 0 amide bonds. The molecule has 1 saturated heterocycles. The van der Waals surface area contributed by atoms with Crippen molar-refractivity contribution < 1.29 is 4.74 Å². The highest BCUT2D eigenvalue weighted by atomic mass is 35.5. The summed E-state index contributed by atoms with van der Waals surface area (Å²) in [7, 11) is 0. The Hall–Kier alpha value is -0.540. The maximum absolute atomic E-state index is 5.49. The Labute approximate surface area is 83.6 Å². The van der Waals surface area contributed by atoms with E-state index in [-0.39, 0.29) is 6.23 Å². The van der Waals surface area contributed by atoms with Crippen LogP contribution in [0, 0.1) is 0 Å². The van der Waals surface area contributed by atoms with E-state index < -0.39 is 0 Å². The van der Waals surface area contributed by atoms with E-state index in [9.17, 15) is 0 Å². The van der Waals surface area contributed by atoms with Gasteiger partial charge in [-0.2, -0.15) is 0 Å². The van der Waals surface area contributed by atoms with E-state index in [0.717, 1.165) is 19.4 Å². The van der Waals surface area contributed by atoms with Gasteiger partial charge < -0.3 is 10.5 Å². The number of allylic oxidation sites excluding steroid dienone is 2. The van der Waals surface area contributed by atoms with E-state index in [4.69, 9.17) is 22.1 Å². The molecule has 1 aliphatic rings. The number of ether oxygens (including phenoxy) is 1. The standard InChI is InChI=1S/C9H15ClN2O/c10-7-8(11)4-5-12-9-3-1-2-6-13-9/h4-5,9H,1-3,6-7,11H2. The van der Waals surface area contributed by atoms with Crippen LogP contribution < -0.4 is 5.73 Å². The maximum Gasteiger partial charge on any atom is 0.148 e. The van der Waals surface area contributed by atoms with Gasteiger partial charge in [0.15, 0.2) is 0 Å². The van der Waals surface area contributed by atoms with Crippen LogP contribution >= 0.6 is 11.6 Å². The van der Waals surface area contributed by atoms with Crippen LogP contribution in [-0.4, -0.2) is 24.9 Å². The fourth-order valence-electron chi connectivity index (χ4n) is 1.12. The summed E-state index contributed by atoms with van der Waals surface area (Å²) in [5, 5.41) is 0. The lowest BCUT2D eigenvalue weighted by molar-refractivity contribution is 0.0227. The molecule has 0 spiro atoms. The minimum atomic E-state index is 0.0214.